The number of alkyl halides is 1. The number of aryl methyl sites for hydroxylation is 1. The predicted octanol–water partition coefficient (Wildman–Crippen LogP) is 0.539. The van der Waals surface area contributed by atoms with E-state index in [4.69, 9.17) is 0 Å². The van der Waals surface area contributed by atoms with Gasteiger partial charge in [-0.15, -0.1) is 0 Å². The molecule has 0 radical (unpaired) electrons. The van der Waals surface area contributed by atoms with Crippen LogP contribution in [0.5, 0.6) is 0 Å². The summed E-state index contributed by atoms with van der Waals surface area (Å²) in [5.74, 6) is 0. The van der Waals surface area contributed by atoms with Gasteiger partial charge in [0.1, 0.15) is 6.17 Å². The third-order valence-electron chi connectivity index (χ3n) is 2.49. The Balaban J connectivity index is 2.03. The molecule has 1 saturated heterocycles. The number of likely N-dealkylation sites (tertiary alicyclic amines) is 1. The van der Waals surface area contributed by atoms with Crippen LogP contribution in [0.3, 0.4) is 0 Å². The average molecular weight is 196 g/mol. The molecule has 0 atom stereocenters. The standard InChI is InChI=1S/C10H13FN2O/c1-12-3-2-8(4-10(12)14)5-13-6-9(11)7-13/h2-4,9H,5-7H2,1H3. The van der Waals surface area contributed by atoms with Crippen LogP contribution >= 0.6 is 0 Å². The van der Waals surface area contributed by atoms with Gasteiger partial charge in [-0.25, -0.2) is 4.39 Å². The maximum atomic E-state index is 12.5. The summed E-state index contributed by atoms with van der Waals surface area (Å²) >= 11 is 0. The van der Waals surface area contributed by atoms with Crippen LogP contribution in [0, 0.1) is 0 Å². The summed E-state index contributed by atoms with van der Waals surface area (Å²) < 4.78 is 14.0. The first kappa shape index (κ1) is 9.40. The topological polar surface area (TPSA) is 25.2 Å². The highest BCUT2D eigenvalue weighted by Gasteiger charge is 2.25. The van der Waals surface area contributed by atoms with Gasteiger partial charge in [0, 0.05) is 38.9 Å². The fraction of sp³-hybridized carbons (Fsp3) is 0.500. The Kier molecular flexibility index (Phi) is 2.37. The van der Waals surface area contributed by atoms with Crippen molar-refractivity contribution < 1.29 is 4.39 Å². The summed E-state index contributed by atoms with van der Waals surface area (Å²) in [6, 6.07) is 3.50. The molecule has 1 aliphatic rings. The molecule has 1 aliphatic heterocycles. The molecule has 0 saturated carbocycles. The molecule has 4 heteroatoms. The predicted molar refractivity (Wildman–Crippen MR) is 51.9 cm³/mol. The van der Waals surface area contributed by atoms with Gasteiger partial charge in [0.15, 0.2) is 0 Å². The van der Waals surface area contributed by atoms with E-state index in [9.17, 15) is 9.18 Å². The van der Waals surface area contributed by atoms with E-state index in [0.29, 0.717) is 19.6 Å². The number of halogens is 1. The van der Waals surface area contributed by atoms with E-state index in [1.54, 1.807) is 19.3 Å². The van der Waals surface area contributed by atoms with Crippen LogP contribution in [0.25, 0.3) is 0 Å². The molecular formula is C10H13FN2O. The van der Waals surface area contributed by atoms with Crippen molar-refractivity contribution in [3.05, 3.63) is 34.2 Å². The van der Waals surface area contributed by atoms with Crippen LogP contribution in [0.4, 0.5) is 4.39 Å². The summed E-state index contributed by atoms with van der Waals surface area (Å²) in [4.78, 5) is 13.2. The average Bonchev–Trinajstić information content (AvgIpc) is 2.09. The third-order valence-corrected chi connectivity index (χ3v) is 2.49. The van der Waals surface area contributed by atoms with Crippen molar-refractivity contribution in [2.24, 2.45) is 7.05 Å². The summed E-state index contributed by atoms with van der Waals surface area (Å²) in [5.41, 5.74) is 0.944. The lowest BCUT2D eigenvalue weighted by Gasteiger charge is -2.34. The van der Waals surface area contributed by atoms with Gasteiger partial charge >= 0.3 is 0 Å². The maximum Gasteiger partial charge on any atom is 0.250 e. The second kappa shape index (κ2) is 3.53. The molecule has 0 spiro atoms. The Morgan fingerprint density at radius 1 is 1.57 bits per heavy atom. The van der Waals surface area contributed by atoms with Crippen molar-refractivity contribution >= 4 is 0 Å². The fourth-order valence-electron chi connectivity index (χ4n) is 1.58. The van der Waals surface area contributed by atoms with Crippen molar-refractivity contribution in [3.63, 3.8) is 0 Å². The SMILES string of the molecule is Cn1ccc(CN2CC(F)C2)cc1=O. The largest absolute Gasteiger partial charge is 0.319 e. The monoisotopic (exact) mass is 196 g/mol. The molecule has 2 rings (SSSR count). The Morgan fingerprint density at radius 3 is 2.86 bits per heavy atom. The number of rotatable bonds is 2. The van der Waals surface area contributed by atoms with E-state index in [-0.39, 0.29) is 5.56 Å². The third kappa shape index (κ3) is 1.85. The molecule has 0 amide bonds. The minimum Gasteiger partial charge on any atom is -0.319 e. The number of nitrogens with zero attached hydrogens (tertiary/aromatic N) is 2. The lowest BCUT2D eigenvalue weighted by Crippen LogP contribution is -2.47. The lowest BCUT2D eigenvalue weighted by atomic mass is 10.1. The zero-order valence-corrected chi connectivity index (χ0v) is 8.11. The molecule has 0 aliphatic carbocycles. The van der Waals surface area contributed by atoms with E-state index >= 15 is 0 Å². The van der Waals surface area contributed by atoms with Crippen molar-refractivity contribution in [1.82, 2.24) is 9.47 Å². The molecule has 0 bridgehead atoms. The second-order valence-corrected chi connectivity index (χ2v) is 3.78. The molecule has 1 aromatic heterocycles. The van der Waals surface area contributed by atoms with Gasteiger partial charge in [-0.05, 0) is 11.6 Å². The van der Waals surface area contributed by atoms with Gasteiger partial charge in [-0.3, -0.25) is 9.69 Å². The van der Waals surface area contributed by atoms with Crippen LogP contribution in [0.15, 0.2) is 23.1 Å². The molecular weight excluding hydrogens is 183 g/mol. The van der Waals surface area contributed by atoms with Gasteiger partial charge < -0.3 is 4.57 Å². The van der Waals surface area contributed by atoms with Crippen molar-refractivity contribution in [2.75, 3.05) is 13.1 Å². The van der Waals surface area contributed by atoms with Crippen LogP contribution in [-0.4, -0.2) is 28.7 Å². The Labute approximate surface area is 81.8 Å². The smallest absolute Gasteiger partial charge is 0.250 e. The van der Waals surface area contributed by atoms with Gasteiger partial charge in [-0.2, -0.15) is 0 Å². The number of hydrogen-bond acceptors (Lipinski definition) is 2. The van der Waals surface area contributed by atoms with Crippen LogP contribution in [0.2, 0.25) is 0 Å². The highest BCUT2D eigenvalue weighted by molar-refractivity contribution is 5.11. The van der Waals surface area contributed by atoms with Crippen LogP contribution < -0.4 is 5.56 Å². The zero-order valence-electron chi connectivity index (χ0n) is 8.11. The van der Waals surface area contributed by atoms with E-state index in [1.807, 2.05) is 11.0 Å². The first-order valence-corrected chi connectivity index (χ1v) is 4.67. The first-order chi connectivity index (χ1) is 6.65. The van der Waals surface area contributed by atoms with Crippen molar-refractivity contribution in [2.45, 2.75) is 12.7 Å². The van der Waals surface area contributed by atoms with Crippen molar-refractivity contribution in [3.8, 4) is 0 Å². The van der Waals surface area contributed by atoms with Gasteiger partial charge in [0.2, 0.25) is 0 Å². The van der Waals surface area contributed by atoms with Gasteiger partial charge in [0.25, 0.3) is 5.56 Å². The highest BCUT2D eigenvalue weighted by Crippen LogP contribution is 2.14. The fourth-order valence-corrected chi connectivity index (χ4v) is 1.58. The summed E-state index contributed by atoms with van der Waals surface area (Å²) in [6.45, 7) is 1.67. The second-order valence-electron chi connectivity index (χ2n) is 3.78. The van der Waals surface area contributed by atoms with E-state index in [1.165, 1.54) is 4.57 Å². The molecule has 0 unspecified atom stereocenters. The number of hydrogen-bond donors (Lipinski definition) is 0. The molecule has 2 heterocycles. The highest BCUT2D eigenvalue weighted by atomic mass is 19.1. The normalized spacial score (nSPS) is 18.1. The Morgan fingerprint density at radius 2 is 2.29 bits per heavy atom. The Hall–Kier alpha value is -1.16. The van der Waals surface area contributed by atoms with Crippen LogP contribution in [0.1, 0.15) is 5.56 Å². The Bertz CT molecular complexity index is 382. The van der Waals surface area contributed by atoms with E-state index in [2.05, 4.69) is 0 Å². The molecule has 76 valence electrons. The van der Waals surface area contributed by atoms with E-state index < -0.39 is 6.17 Å². The molecule has 3 nitrogen and oxygen atoms in total. The van der Waals surface area contributed by atoms with Crippen molar-refractivity contribution in [1.29, 1.82) is 0 Å². The van der Waals surface area contributed by atoms with E-state index in [0.717, 1.165) is 5.56 Å². The van der Waals surface area contributed by atoms with Gasteiger partial charge in [-0.1, -0.05) is 0 Å². The lowest BCUT2D eigenvalue weighted by molar-refractivity contribution is 0.0590. The maximum absolute atomic E-state index is 12.5. The minimum atomic E-state index is -0.679. The summed E-state index contributed by atoms with van der Waals surface area (Å²) in [7, 11) is 1.72. The summed E-state index contributed by atoms with van der Waals surface area (Å²) in [5, 5.41) is 0. The molecule has 14 heavy (non-hydrogen) atoms. The zero-order chi connectivity index (χ0) is 10.1. The minimum absolute atomic E-state index is 0.0141. The van der Waals surface area contributed by atoms with Gasteiger partial charge in [0.05, 0.1) is 0 Å². The quantitative estimate of drug-likeness (QED) is 0.689. The summed E-state index contributed by atoms with van der Waals surface area (Å²) in [6.07, 6.45) is 1.06. The molecule has 1 fully saturated rings. The number of aromatic nitrogens is 1. The molecule has 0 aromatic carbocycles. The van der Waals surface area contributed by atoms with Crippen LogP contribution in [-0.2, 0) is 13.6 Å². The number of pyridine rings is 1. The molecule has 1 aromatic rings. The first-order valence-electron chi connectivity index (χ1n) is 4.67. The molecule has 0 N–H and O–H groups in total.